The molecule has 0 radical (unpaired) electrons. The van der Waals surface area contributed by atoms with Crippen molar-refractivity contribution in [3.05, 3.63) is 84.2 Å². The number of hydrogen-bond donors (Lipinski definition) is 2. The van der Waals surface area contributed by atoms with E-state index in [9.17, 15) is 17.6 Å². The van der Waals surface area contributed by atoms with Gasteiger partial charge in [0.2, 0.25) is 0 Å². The van der Waals surface area contributed by atoms with E-state index in [0.717, 1.165) is 22.0 Å². The molecule has 1 aliphatic rings. The van der Waals surface area contributed by atoms with Gasteiger partial charge in [0, 0.05) is 5.69 Å². The topological polar surface area (TPSA) is 111 Å². The van der Waals surface area contributed by atoms with Crippen molar-refractivity contribution in [3.8, 4) is 5.75 Å². The summed E-state index contributed by atoms with van der Waals surface area (Å²) in [5.74, 6) is -0.248. The van der Waals surface area contributed by atoms with Crippen molar-refractivity contribution in [2.24, 2.45) is 0 Å². The van der Waals surface area contributed by atoms with E-state index >= 15 is 0 Å². The average molecular weight is 472 g/mol. The molecule has 3 aromatic carbocycles. The number of sulfonamides is 1. The molecule has 172 valence electrons. The van der Waals surface area contributed by atoms with Gasteiger partial charge >= 0.3 is 6.09 Å². The quantitative estimate of drug-likeness (QED) is 0.534. The predicted octanol–water partition coefficient (Wildman–Crippen LogP) is 3.29. The summed E-state index contributed by atoms with van der Waals surface area (Å²) in [6.07, 6.45) is -1.35. The number of alkyl carbamates (subject to hydrolysis) is 1. The third kappa shape index (κ3) is 5.17. The number of ether oxygens (including phenoxy) is 2. The van der Waals surface area contributed by atoms with Gasteiger partial charge in [-0.3, -0.25) is 4.31 Å². The number of nitrogens with zero attached hydrogens (tertiary/aromatic N) is 1. The van der Waals surface area contributed by atoms with Gasteiger partial charge in [-0.2, -0.15) is 0 Å². The number of carbonyl (C=O) groups is 1. The van der Waals surface area contributed by atoms with Gasteiger partial charge in [-0.1, -0.05) is 30.3 Å². The predicted molar refractivity (Wildman–Crippen MR) is 121 cm³/mol. The molecule has 10 heteroatoms. The molecule has 1 unspecified atom stereocenters. The van der Waals surface area contributed by atoms with Gasteiger partial charge in [0.1, 0.15) is 24.3 Å². The Morgan fingerprint density at radius 1 is 1.12 bits per heavy atom. The number of carbonyl (C=O) groups excluding carboxylic acids is 1. The molecule has 3 aromatic rings. The summed E-state index contributed by atoms with van der Waals surface area (Å²) in [6, 6.07) is 18.4. The van der Waals surface area contributed by atoms with Gasteiger partial charge in [0.05, 0.1) is 23.7 Å². The summed E-state index contributed by atoms with van der Waals surface area (Å²) in [4.78, 5) is 12.0. The van der Waals surface area contributed by atoms with Crippen LogP contribution < -0.4 is 20.1 Å². The second-order valence-electron chi connectivity index (χ2n) is 7.40. The Kier molecular flexibility index (Phi) is 6.36. The molecule has 1 atom stereocenters. The summed E-state index contributed by atoms with van der Waals surface area (Å²) >= 11 is 0. The average Bonchev–Trinajstić information content (AvgIpc) is 2.82. The van der Waals surface area contributed by atoms with E-state index in [1.165, 1.54) is 18.2 Å². The zero-order valence-electron chi connectivity index (χ0n) is 17.5. The molecule has 0 aliphatic carbocycles. The highest BCUT2D eigenvalue weighted by Gasteiger charge is 2.35. The van der Waals surface area contributed by atoms with E-state index in [2.05, 4.69) is 5.32 Å². The zero-order valence-corrected chi connectivity index (χ0v) is 18.3. The largest absolute Gasteiger partial charge is 0.484 e. The van der Waals surface area contributed by atoms with Gasteiger partial charge in [-0.15, -0.1) is 0 Å². The van der Waals surface area contributed by atoms with Crippen molar-refractivity contribution in [3.63, 3.8) is 0 Å². The third-order valence-corrected chi connectivity index (χ3v) is 6.80. The number of nitrogens with one attached hydrogen (secondary N) is 1. The summed E-state index contributed by atoms with van der Waals surface area (Å²) in [5, 5.41) is 2.60. The summed E-state index contributed by atoms with van der Waals surface area (Å²) in [7, 11) is -4.04. The third-order valence-electron chi connectivity index (χ3n) is 5.00. The van der Waals surface area contributed by atoms with Crippen molar-refractivity contribution < 1.29 is 27.1 Å². The van der Waals surface area contributed by atoms with Crippen LogP contribution in [0, 0.1) is 5.82 Å². The van der Waals surface area contributed by atoms with Crippen molar-refractivity contribution in [1.82, 2.24) is 5.32 Å². The van der Waals surface area contributed by atoms with E-state index in [4.69, 9.17) is 15.2 Å². The van der Waals surface area contributed by atoms with Crippen LogP contribution in [0.1, 0.15) is 5.56 Å². The lowest BCUT2D eigenvalue weighted by Gasteiger charge is -2.35. The van der Waals surface area contributed by atoms with Crippen LogP contribution in [0.4, 0.5) is 20.6 Å². The number of amides is 1. The number of nitrogen functional groups attached to an aromatic ring is 1. The Hall–Kier alpha value is -3.79. The Bertz CT molecular complexity index is 1240. The minimum Gasteiger partial charge on any atom is -0.484 e. The highest BCUT2D eigenvalue weighted by Crippen LogP contribution is 2.38. The Morgan fingerprint density at radius 2 is 1.85 bits per heavy atom. The van der Waals surface area contributed by atoms with E-state index in [1.807, 2.05) is 30.3 Å². The molecular formula is C23H22FN3O5S. The van der Waals surface area contributed by atoms with Crippen LogP contribution in [0.15, 0.2) is 77.7 Å². The van der Waals surface area contributed by atoms with Crippen molar-refractivity contribution in [1.29, 1.82) is 0 Å². The normalized spacial score (nSPS) is 15.3. The molecule has 0 spiro atoms. The first-order valence-corrected chi connectivity index (χ1v) is 11.6. The second kappa shape index (κ2) is 9.37. The van der Waals surface area contributed by atoms with Crippen LogP contribution in [-0.2, 0) is 21.4 Å². The molecule has 3 N–H and O–H groups in total. The maximum atomic E-state index is 13.3. The van der Waals surface area contributed by atoms with E-state index in [0.29, 0.717) is 11.4 Å². The first kappa shape index (κ1) is 22.4. The van der Waals surface area contributed by atoms with E-state index in [1.54, 1.807) is 12.1 Å². The van der Waals surface area contributed by atoms with Crippen LogP contribution in [0.2, 0.25) is 0 Å². The van der Waals surface area contributed by atoms with Gasteiger partial charge in [-0.25, -0.2) is 17.6 Å². The van der Waals surface area contributed by atoms with Gasteiger partial charge in [0.25, 0.3) is 10.0 Å². The minimum absolute atomic E-state index is 0.00682. The molecule has 1 aliphatic heterocycles. The molecule has 0 saturated heterocycles. The van der Waals surface area contributed by atoms with Crippen LogP contribution in [0.25, 0.3) is 0 Å². The first-order valence-electron chi connectivity index (χ1n) is 10.1. The van der Waals surface area contributed by atoms with E-state index < -0.39 is 28.0 Å². The fourth-order valence-corrected chi connectivity index (χ4v) is 4.87. The summed E-state index contributed by atoms with van der Waals surface area (Å²) in [6.45, 7) is 0.0212. The SMILES string of the molecule is Nc1ccc2c(c1)N(S(=O)(=O)c1ccc(F)cc1)CC(CNC(=O)OCc1ccccc1)O2. The van der Waals surface area contributed by atoms with Crippen LogP contribution in [-0.4, -0.2) is 33.7 Å². The molecule has 0 aromatic heterocycles. The summed E-state index contributed by atoms with van der Waals surface area (Å²) in [5.41, 5.74) is 7.32. The molecule has 0 saturated carbocycles. The van der Waals surface area contributed by atoms with Gasteiger partial charge in [0.15, 0.2) is 0 Å². The number of benzene rings is 3. The Balaban J connectivity index is 1.49. The molecule has 8 nitrogen and oxygen atoms in total. The number of anilines is 2. The number of fused-ring (bicyclic) bond motifs is 1. The van der Waals surface area contributed by atoms with Crippen molar-refractivity contribution in [2.75, 3.05) is 23.1 Å². The molecule has 1 amide bonds. The molecule has 1 heterocycles. The molecule has 4 rings (SSSR count). The maximum Gasteiger partial charge on any atom is 0.407 e. The standard InChI is InChI=1S/C23H22FN3O5S/c24-17-6-9-20(10-7-17)33(29,30)27-14-19(32-22-11-8-18(25)12-21(22)27)13-26-23(28)31-15-16-4-2-1-3-5-16/h1-12,19H,13-15,25H2,(H,26,28). The van der Waals surface area contributed by atoms with Crippen LogP contribution in [0.5, 0.6) is 5.75 Å². The number of hydrogen-bond acceptors (Lipinski definition) is 6. The van der Waals surface area contributed by atoms with Gasteiger partial charge < -0.3 is 20.5 Å². The van der Waals surface area contributed by atoms with Crippen LogP contribution in [0.3, 0.4) is 0 Å². The lowest BCUT2D eigenvalue weighted by atomic mass is 10.2. The molecule has 0 fully saturated rings. The van der Waals surface area contributed by atoms with Gasteiger partial charge in [-0.05, 0) is 48.0 Å². The first-order chi connectivity index (χ1) is 15.8. The minimum atomic E-state index is -4.04. The second-order valence-corrected chi connectivity index (χ2v) is 9.26. The van der Waals surface area contributed by atoms with Crippen molar-refractivity contribution in [2.45, 2.75) is 17.6 Å². The molecule has 33 heavy (non-hydrogen) atoms. The number of nitrogens with two attached hydrogens (primary N) is 1. The molecular weight excluding hydrogens is 449 g/mol. The lowest BCUT2D eigenvalue weighted by molar-refractivity contribution is 0.130. The highest BCUT2D eigenvalue weighted by molar-refractivity contribution is 7.92. The number of halogens is 1. The highest BCUT2D eigenvalue weighted by atomic mass is 32.2. The Morgan fingerprint density at radius 3 is 2.58 bits per heavy atom. The Labute approximate surface area is 190 Å². The fourth-order valence-electron chi connectivity index (χ4n) is 3.37. The zero-order chi connectivity index (χ0) is 23.4. The summed E-state index contributed by atoms with van der Waals surface area (Å²) < 4.78 is 52.2. The van der Waals surface area contributed by atoms with Crippen LogP contribution >= 0.6 is 0 Å². The lowest BCUT2D eigenvalue weighted by Crippen LogP contribution is -2.48. The van der Waals surface area contributed by atoms with Crippen molar-refractivity contribution >= 4 is 27.5 Å². The maximum absolute atomic E-state index is 13.3. The smallest absolute Gasteiger partial charge is 0.407 e. The number of rotatable bonds is 6. The fraction of sp³-hybridized carbons (Fsp3) is 0.174. The molecule has 0 bridgehead atoms. The monoisotopic (exact) mass is 471 g/mol. The van der Waals surface area contributed by atoms with E-state index in [-0.39, 0.29) is 30.3 Å².